The van der Waals surface area contributed by atoms with E-state index in [1.54, 1.807) is 4.90 Å². The van der Waals surface area contributed by atoms with Crippen molar-refractivity contribution in [1.29, 1.82) is 0 Å². The van der Waals surface area contributed by atoms with Crippen molar-refractivity contribution < 1.29 is 4.79 Å². The molecule has 1 amide bonds. The van der Waals surface area contributed by atoms with Gasteiger partial charge in [-0.3, -0.25) is 9.69 Å². The standard InChI is InChI=1S/C30H27N3OS2/c1-19-10-12-23(13-11-19)17-32-29(34)26(36-30(32)35)16-24-18-33(25-8-6-5-7-9-25)31-28(24)27-21(3)14-20(2)15-22(27)4/h5-16,18H,17H2,1-4H3/b26-16+. The summed E-state index contributed by atoms with van der Waals surface area (Å²) in [5.41, 5.74) is 9.59. The van der Waals surface area contributed by atoms with Gasteiger partial charge in [0.25, 0.3) is 5.91 Å². The fourth-order valence-electron chi connectivity index (χ4n) is 4.61. The van der Waals surface area contributed by atoms with Gasteiger partial charge in [-0.2, -0.15) is 5.10 Å². The Morgan fingerprint density at radius 2 is 1.58 bits per heavy atom. The van der Waals surface area contributed by atoms with Gasteiger partial charge in [-0.25, -0.2) is 4.68 Å². The van der Waals surface area contributed by atoms with Crippen molar-refractivity contribution in [2.24, 2.45) is 0 Å². The minimum atomic E-state index is -0.0682. The second kappa shape index (κ2) is 9.88. The number of rotatable bonds is 5. The zero-order chi connectivity index (χ0) is 25.4. The van der Waals surface area contributed by atoms with Crippen molar-refractivity contribution in [1.82, 2.24) is 14.7 Å². The highest BCUT2D eigenvalue weighted by Crippen LogP contribution is 2.37. The molecule has 0 unspecified atom stereocenters. The molecule has 6 heteroatoms. The highest BCUT2D eigenvalue weighted by Gasteiger charge is 2.32. The summed E-state index contributed by atoms with van der Waals surface area (Å²) in [5, 5.41) is 4.99. The molecule has 0 aliphatic carbocycles. The molecule has 5 rings (SSSR count). The zero-order valence-corrected chi connectivity index (χ0v) is 22.4. The molecule has 2 heterocycles. The van der Waals surface area contributed by atoms with Crippen molar-refractivity contribution in [3.63, 3.8) is 0 Å². The maximum Gasteiger partial charge on any atom is 0.266 e. The molecule has 1 aliphatic rings. The Balaban J connectivity index is 1.56. The average Bonchev–Trinajstić information content (AvgIpc) is 3.37. The smallest absolute Gasteiger partial charge is 0.266 e. The van der Waals surface area contributed by atoms with Crippen LogP contribution in [0.5, 0.6) is 0 Å². The van der Waals surface area contributed by atoms with Gasteiger partial charge in [0.15, 0.2) is 0 Å². The van der Waals surface area contributed by atoms with Gasteiger partial charge >= 0.3 is 0 Å². The van der Waals surface area contributed by atoms with E-state index in [4.69, 9.17) is 17.3 Å². The van der Waals surface area contributed by atoms with E-state index in [1.807, 2.05) is 59.4 Å². The van der Waals surface area contributed by atoms with Gasteiger partial charge in [-0.1, -0.05) is 89.7 Å². The molecule has 0 N–H and O–H groups in total. The summed E-state index contributed by atoms with van der Waals surface area (Å²) in [6.45, 7) is 8.85. The SMILES string of the molecule is Cc1ccc(CN2C(=O)/C(=C\c3cn(-c4ccccc4)nc3-c3c(C)cc(C)cc3C)SC2=S)cc1. The molecular weight excluding hydrogens is 482 g/mol. The predicted octanol–water partition coefficient (Wildman–Crippen LogP) is 7.17. The van der Waals surface area contributed by atoms with Crippen LogP contribution in [0.25, 0.3) is 23.0 Å². The minimum absolute atomic E-state index is 0.0682. The highest BCUT2D eigenvalue weighted by atomic mass is 32.2. The summed E-state index contributed by atoms with van der Waals surface area (Å²) in [6, 6.07) is 22.6. The summed E-state index contributed by atoms with van der Waals surface area (Å²) in [6.07, 6.45) is 3.94. The van der Waals surface area contributed by atoms with Crippen LogP contribution in [-0.2, 0) is 11.3 Å². The summed E-state index contributed by atoms with van der Waals surface area (Å²) < 4.78 is 2.46. The lowest BCUT2D eigenvalue weighted by Crippen LogP contribution is -2.27. The van der Waals surface area contributed by atoms with E-state index in [-0.39, 0.29) is 5.91 Å². The Hall–Kier alpha value is -3.48. The number of aromatic nitrogens is 2. The number of benzene rings is 3. The largest absolute Gasteiger partial charge is 0.288 e. The summed E-state index contributed by atoms with van der Waals surface area (Å²) in [4.78, 5) is 15.7. The van der Waals surface area contributed by atoms with Crippen molar-refractivity contribution in [2.75, 3.05) is 0 Å². The van der Waals surface area contributed by atoms with Crippen molar-refractivity contribution in [3.05, 3.63) is 111 Å². The molecule has 0 bridgehead atoms. The Labute approximate surface area is 221 Å². The van der Waals surface area contributed by atoms with Crippen LogP contribution >= 0.6 is 24.0 Å². The van der Waals surface area contributed by atoms with E-state index in [0.29, 0.717) is 15.8 Å². The van der Waals surface area contributed by atoms with Crippen LogP contribution in [0, 0.1) is 27.7 Å². The van der Waals surface area contributed by atoms with Crippen LogP contribution < -0.4 is 0 Å². The molecular formula is C30H27N3OS2. The maximum atomic E-state index is 13.4. The minimum Gasteiger partial charge on any atom is -0.288 e. The summed E-state index contributed by atoms with van der Waals surface area (Å²) in [7, 11) is 0. The van der Waals surface area contributed by atoms with Crippen LogP contribution in [0.15, 0.2) is 77.8 Å². The lowest BCUT2D eigenvalue weighted by Gasteiger charge is -2.14. The van der Waals surface area contributed by atoms with Crippen LogP contribution in [-0.4, -0.2) is 24.9 Å². The third kappa shape index (κ3) is 4.79. The van der Waals surface area contributed by atoms with E-state index in [0.717, 1.165) is 39.2 Å². The van der Waals surface area contributed by atoms with E-state index < -0.39 is 0 Å². The molecule has 1 aliphatic heterocycles. The van der Waals surface area contributed by atoms with E-state index in [1.165, 1.54) is 22.9 Å². The van der Waals surface area contributed by atoms with Crippen LogP contribution in [0.2, 0.25) is 0 Å². The van der Waals surface area contributed by atoms with Gasteiger partial charge in [-0.05, 0) is 62.6 Å². The molecule has 4 aromatic rings. The van der Waals surface area contributed by atoms with Gasteiger partial charge in [0, 0.05) is 17.3 Å². The quantitative estimate of drug-likeness (QED) is 0.211. The van der Waals surface area contributed by atoms with Crippen LogP contribution in [0.1, 0.15) is 33.4 Å². The second-order valence-electron chi connectivity index (χ2n) is 9.24. The number of carbonyl (C=O) groups excluding carboxylic acids is 1. The molecule has 36 heavy (non-hydrogen) atoms. The third-order valence-electron chi connectivity index (χ3n) is 6.30. The number of carbonyl (C=O) groups is 1. The fourth-order valence-corrected chi connectivity index (χ4v) is 5.85. The topological polar surface area (TPSA) is 38.1 Å². The normalized spacial score (nSPS) is 14.8. The van der Waals surface area contributed by atoms with Gasteiger partial charge < -0.3 is 0 Å². The number of para-hydroxylation sites is 1. The molecule has 0 atom stereocenters. The molecule has 180 valence electrons. The number of aryl methyl sites for hydroxylation is 4. The van der Waals surface area contributed by atoms with Gasteiger partial charge in [-0.15, -0.1) is 0 Å². The van der Waals surface area contributed by atoms with Crippen LogP contribution in [0.4, 0.5) is 0 Å². The second-order valence-corrected chi connectivity index (χ2v) is 10.9. The number of thioether (sulfide) groups is 1. The number of nitrogens with zero attached hydrogens (tertiary/aromatic N) is 3. The van der Waals surface area contributed by atoms with Crippen molar-refractivity contribution in [2.45, 2.75) is 34.2 Å². The third-order valence-corrected chi connectivity index (χ3v) is 7.68. The maximum absolute atomic E-state index is 13.4. The van der Waals surface area contributed by atoms with E-state index in [9.17, 15) is 4.79 Å². The molecule has 4 nitrogen and oxygen atoms in total. The Bertz CT molecular complexity index is 1480. The molecule has 1 saturated heterocycles. The first kappa shape index (κ1) is 24.2. The zero-order valence-electron chi connectivity index (χ0n) is 20.8. The van der Waals surface area contributed by atoms with Gasteiger partial charge in [0.2, 0.25) is 0 Å². The summed E-state index contributed by atoms with van der Waals surface area (Å²) >= 11 is 6.96. The van der Waals surface area contributed by atoms with E-state index in [2.05, 4.69) is 52.0 Å². The first-order valence-corrected chi connectivity index (χ1v) is 13.1. The number of thiocarbonyl (C=S) groups is 1. The molecule has 0 spiro atoms. The molecule has 1 aromatic heterocycles. The Morgan fingerprint density at radius 3 is 2.25 bits per heavy atom. The summed E-state index contributed by atoms with van der Waals surface area (Å²) in [5.74, 6) is -0.0682. The van der Waals surface area contributed by atoms with Gasteiger partial charge in [0.05, 0.1) is 17.1 Å². The van der Waals surface area contributed by atoms with Crippen molar-refractivity contribution >= 4 is 40.3 Å². The highest BCUT2D eigenvalue weighted by molar-refractivity contribution is 8.26. The lowest BCUT2D eigenvalue weighted by atomic mass is 9.95. The fraction of sp³-hybridized carbons (Fsp3) is 0.167. The molecule has 1 fully saturated rings. The number of amides is 1. The average molecular weight is 510 g/mol. The van der Waals surface area contributed by atoms with E-state index >= 15 is 0 Å². The number of hydrogen-bond acceptors (Lipinski definition) is 4. The molecule has 0 radical (unpaired) electrons. The van der Waals surface area contributed by atoms with Gasteiger partial charge in [0.1, 0.15) is 10.0 Å². The molecule has 0 saturated carbocycles. The lowest BCUT2D eigenvalue weighted by molar-refractivity contribution is -0.122. The predicted molar refractivity (Wildman–Crippen MR) is 153 cm³/mol. The Morgan fingerprint density at radius 1 is 0.917 bits per heavy atom. The van der Waals surface area contributed by atoms with Crippen molar-refractivity contribution in [3.8, 4) is 16.9 Å². The Kier molecular flexibility index (Phi) is 6.65. The molecule has 3 aromatic carbocycles. The number of hydrogen-bond donors (Lipinski definition) is 0. The first-order valence-electron chi connectivity index (χ1n) is 11.8. The first-order chi connectivity index (χ1) is 17.3. The monoisotopic (exact) mass is 509 g/mol. The van der Waals surface area contributed by atoms with Crippen LogP contribution in [0.3, 0.4) is 0 Å².